The number of carbonyl (C=O) groups excluding carboxylic acids is 1. The van der Waals surface area contributed by atoms with Crippen LogP contribution in [-0.2, 0) is 17.8 Å². The lowest BCUT2D eigenvalue weighted by atomic mass is 9.65. The van der Waals surface area contributed by atoms with E-state index < -0.39 is 0 Å². The lowest BCUT2D eigenvalue weighted by Gasteiger charge is -2.43. The number of hydrogen-bond donors (Lipinski definition) is 2. The van der Waals surface area contributed by atoms with Crippen molar-refractivity contribution in [3.8, 4) is 0 Å². The van der Waals surface area contributed by atoms with Crippen molar-refractivity contribution in [1.29, 1.82) is 0 Å². The maximum atomic E-state index is 12.8. The highest BCUT2D eigenvalue weighted by Crippen LogP contribution is 2.42. The van der Waals surface area contributed by atoms with Crippen molar-refractivity contribution >= 4 is 5.91 Å². The quantitative estimate of drug-likeness (QED) is 0.886. The second-order valence-electron chi connectivity index (χ2n) is 8.01. The Morgan fingerprint density at radius 1 is 1.21 bits per heavy atom. The van der Waals surface area contributed by atoms with Gasteiger partial charge in [-0.1, -0.05) is 6.42 Å². The van der Waals surface area contributed by atoms with Gasteiger partial charge >= 0.3 is 0 Å². The van der Waals surface area contributed by atoms with Gasteiger partial charge in [-0.25, -0.2) is 0 Å². The van der Waals surface area contributed by atoms with Crippen LogP contribution in [-0.4, -0.2) is 26.7 Å². The Hall–Kier alpha value is -1.43. The molecule has 2 heterocycles. The van der Waals surface area contributed by atoms with Crippen LogP contribution in [0.1, 0.15) is 69.6 Å². The molecule has 6 nitrogen and oxygen atoms in total. The van der Waals surface area contributed by atoms with Crippen LogP contribution in [0, 0.1) is 17.8 Å². The summed E-state index contributed by atoms with van der Waals surface area (Å²) in [6.45, 7) is 3.00. The summed E-state index contributed by atoms with van der Waals surface area (Å²) in [5.41, 5.74) is 6.35. The summed E-state index contributed by atoms with van der Waals surface area (Å²) in [6, 6.07) is 0.232. The molecule has 132 valence electrons. The Bertz CT molecular complexity index is 599. The van der Waals surface area contributed by atoms with Gasteiger partial charge in [0, 0.05) is 24.9 Å². The fraction of sp³-hybridized carbons (Fsp3) is 0.833. The molecule has 2 bridgehead atoms. The van der Waals surface area contributed by atoms with E-state index in [0.29, 0.717) is 17.9 Å². The molecular formula is C18H29N5O. The third kappa shape index (κ3) is 2.85. The molecule has 2 fully saturated rings. The van der Waals surface area contributed by atoms with Crippen molar-refractivity contribution < 1.29 is 4.79 Å². The molecule has 3 unspecified atom stereocenters. The van der Waals surface area contributed by atoms with E-state index in [0.717, 1.165) is 37.5 Å². The molecule has 0 aromatic carbocycles. The van der Waals surface area contributed by atoms with E-state index in [2.05, 4.69) is 20.1 Å². The number of aromatic nitrogens is 3. The van der Waals surface area contributed by atoms with Crippen molar-refractivity contribution in [2.24, 2.45) is 23.5 Å². The predicted molar refractivity (Wildman–Crippen MR) is 91.0 cm³/mol. The van der Waals surface area contributed by atoms with Gasteiger partial charge in [0.2, 0.25) is 5.91 Å². The van der Waals surface area contributed by atoms with E-state index in [1.54, 1.807) is 0 Å². The average Bonchev–Trinajstić information content (AvgIpc) is 2.98. The third-order valence-electron chi connectivity index (χ3n) is 6.42. The Balaban J connectivity index is 1.42. The first kappa shape index (κ1) is 16.1. The molecule has 0 spiro atoms. The summed E-state index contributed by atoms with van der Waals surface area (Å²) in [7, 11) is 0. The zero-order valence-electron chi connectivity index (χ0n) is 14.6. The molecule has 2 saturated carbocycles. The summed E-state index contributed by atoms with van der Waals surface area (Å²) in [4.78, 5) is 12.8. The molecule has 1 aromatic rings. The number of rotatable bonds is 3. The minimum Gasteiger partial charge on any atom is -0.346 e. The van der Waals surface area contributed by atoms with Crippen LogP contribution in [0.3, 0.4) is 0 Å². The van der Waals surface area contributed by atoms with Crippen molar-refractivity contribution in [3.63, 3.8) is 0 Å². The van der Waals surface area contributed by atoms with Crippen LogP contribution in [0.4, 0.5) is 0 Å². The summed E-state index contributed by atoms with van der Waals surface area (Å²) < 4.78 is 2.19. The third-order valence-corrected chi connectivity index (χ3v) is 6.42. The van der Waals surface area contributed by atoms with E-state index >= 15 is 0 Å². The topological polar surface area (TPSA) is 85.8 Å². The monoisotopic (exact) mass is 331 g/mol. The molecule has 2 aliphatic carbocycles. The zero-order chi connectivity index (χ0) is 16.7. The average molecular weight is 331 g/mol. The van der Waals surface area contributed by atoms with E-state index in [-0.39, 0.29) is 17.9 Å². The lowest BCUT2D eigenvalue weighted by molar-refractivity contribution is -0.128. The largest absolute Gasteiger partial charge is 0.346 e. The summed E-state index contributed by atoms with van der Waals surface area (Å²) >= 11 is 0. The maximum Gasteiger partial charge on any atom is 0.223 e. The number of nitrogens with two attached hydrogens (primary N) is 1. The highest BCUT2D eigenvalue weighted by molar-refractivity contribution is 5.79. The van der Waals surface area contributed by atoms with Crippen LogP contribution in [0.5, 0.6) is 0 Å². The highest BCUT2D eigenvalue weighted by Gasteiger charge is 2.40. The standard InChI is InChI=1S/C18H29N5O/c1-11(17-22-21-15-7-2-3-8-23(15)17)20-18(24)14-9-12-5-4-6-13(10-14)16(12)19/h11-14,16H,2-10,19H2,1H3,(H,20,24). The molecule has 6 heteroatoms. The second kappa shape index (κ2) is 6.47. The Morgan fingerprint density at radius 3 is 2.71 bits per heavy atom. The number of carbonyl (C=O) groups is 1. The number of amides is 1. The van der Waals surface area contributed by atoms with Gasteiger partial charge in [0.1, 0.15) is 5.82 Å². The van der Waals surface area contributed by atoms with E-state index in [4.69, 9.17) is 5.73 Å². The molecular weight excluding hydrogens is 302 g/mol. The second-order valence-corrected chi connectivity index (χ2v) is 8.01. The zero-order valence-corrected chi connectivity index (χ0v) is 14.6. The number of aryl methyl sites for hydroxylation is 1. The Kier molecular flexibility index (Phi) is 4.33. The predicted octanol–water partition coefficient (Wildman–Crippen LogP) is 1.95. The fourth-order valence-corrected chi connectivity index (χ4v) is 5.05. The van der Waals surface area contributed by atoms with Crippen molar-refractivity contribution in [2.45, 2.75) is 76.9 Å². The number of nitrogens with zero attached hydrogens (tertiary/aromatic N) is 3. The van der Waals surface area contributed by atoms with Gasteiger partial charge in [0.05, 0.1) is 6.04 Å². The number of nitrogens with one attached hydrogen (secondary N) is 1. The summed E-state index contributed by atoms with van der Waals surface area (Å²) in [5.74, 6) is 3.33. The van der Waals surface area contributed by atoms with Crippen molar-refractivity contribution in [3.05, 3.63) is 11.6 Å². The van der Waals surface area contributed by atoms with Gasteiger partial charge < -0.3 is 15.6 Å². The van der Waals surface area contributed by atoms with Gasteiger partial charge in [-0.05, 0) is 57.3 Å². The Morgan fingerprint density at radius 2 is 1.96 bits per heavy atom. The molecule has 4 rings (SSSR count). The molecule has 3 N–H and O–H groups in total. The van der Waals surface area contributed by atoms with E-state index in [1.165, 1.54) is 32.1 Å². The molecule has 1 amide bonds. The number of hydrogen-bond acceptors (Lipinski definition) is 4. The van der Waals surface area contributed by atoms with Gasteiger partial charge in [-0.15, -0.1) is 10.2 Å². The van der Waals surface area contributed by atoms with Crippen LogP contribution in [0.25, 0.3) is 0 Å². The van der Waals surface area contributed by atoms with E-state index in [9.17, 15) is 4.79 Å². The first-order valence-corrected chi connectivity index (χ1v) is 9.61. The normalized spacial score (nSPS) is 33.6. The first-order valence-electron chi connectivity index (χ1n) is 9.61. The fourth-order valence-electron chi connectivity index (χ4n) is 5.05. The van der Waals surface area contributed by atoms with Gasteiger partial charge in [-0.3, -0.25) is 4.79 Å². The highest BCUT2D eigenvalue weighted by atomic mass is 16.2. The minimum atomic E-state index is -0.0766. The maximum absolute atomic E-state index is 12.8. The van der Waals surface area contributed by atoms with Crippen LogP contribution in [0.15, 0.2) is 0 Å². The molecule has 3 atom stereocenters. The first-order chi connectivity index (χ1) is 11.6. The molecule has 0 saturated heterocycles. The minimum absolute atomic E-state index is 0.0766. The molecule has 3 aliphatic rings. The van der Waals surface area contributed by atoms with Gasteiger partial charge in [0.15, 0.2) is 5.82 Å². The van der Waals surface area contributed by atoms with E-state index in [1.807, 2.05) is 6.92 Å². The van der Waals surface area contributed by atoms with Gasteiger partial charge in [0.25, 0.3) is 0 Å². The van der Waals surface area contributed by atoms with Crippen LogP contribution >= 0.6 is 0 Å². The lowest BCUT2D eigenvalue weighted by Crippen LogP contribution is -2.49. The van der Waals surface area contributed by atoms with Gasteiger partial charge in [-0.2, -0.15) is 0 Å². The Labute approximate surface area is 143 Å². The number of fused-ring (bicyclic) bond motifs is 3. The van der Waals surface area contributed by atoms with Crippen molar-refractivity contribution in [1.82, 2.24) is 20.1 Å². The molecule has 24 heavy (non-hydrogen) atoms. The summed E-state index contributed by atoms with van der Waals surface area (Å²) in [5, 5.41) is 11.8. The molecule has 1 aliphatic heterocycles. The van der Waals surface area contributed by atoms with Crippen LogP contribution in [0.2, 0.25) is 0 Å². The SMILES string of the molecule is CC(NC(=O)C1CC2CCCC(C1)C2N)c1nnc2n1CCCC2. The summed E-state index contributed by atoms with van der Waals surface area (Å²) in [6.07, 6.45) is 8.91. The van der Waals surface area contributed by atoms with Crippen LogP contribution < -0.4 is 11.1 Å². The smallest absolute Gasteiger partial charge is 0.223 e. The molecule has 1 aromatic heterocycles. The molecule has 0 radical (unpaired) electrons. The van der Waals surface area contributed by atoms with Crippen molar-refractivity contribution in [2.75, 3.05) is 0 Å².